The van der Waals surface area contributed by atoms with Gasteiger partial charge in [-0.15, -0.1) is 0 Å². The Labute approximate surface area is 141 Å². The van der Waals surface area contributed by atoms with Crippen LogP contribution in [0.25, 0.3) is 11.2 Å². The van der Waals surface area contributed by atoms with Crippen LogP contribution in [0.1, 0.15) is 13.2 Å². The Kier molecular flexibility index (Phi) is 3.51. The molecule has 2 bridgehead atoms. The third-order valence-electron chi connectivity index (χ3n) is 4.93. The van der Waals surface area contributed by atoms with E-state index in [1.165, 1.54) is 4.57 Å². The van der Waals surface area contributed by atoms with Gasteiger partial charge < -0.3 is 24.7 Å². The molecule has 2 aliphatic heterocycles. The number of aromatic amines is 2. The van der Waals surface area contributed by atoms with E-state index in [-0.39, 0.29) is 29.8 Å². The molecule has 0 amide bonds. The number of anilines is 1. The van der Waals surface area contributed by atoms with E-state index in [4.69, 9.17) is 24.7 Å². The molecule has 2 saturated heterocycles. The first-order valence-corrected chi connectivity index (χ1v) is 7.78. The van der Waals surface area contributed by atoms with Gasteiger partial charge in [0.05, 0.1) is 12.7 Å². The van der Waals surface area contributed by atoms with Gasteiger partial charge in [0.1, 0.15) is 17.8 Å². The van der Waals surface area contributed by atoms with Crippen LogP contribution >= 0.6 is 0 Å². The number of nitrogens with zero attached hydrogens (tertiary/aromatic N) is 2. The fourth-order valence-electron chi connectivity index (χ4n) is 3.86. The van der Waals surface area contributed by atoms with Crippen LogP contribution in [0.4, 0.5) is 5.95 Å². The Hall–Kier alpha value is -2.21. The van der Waals surface area contributed by atoms with Gasteiger partial charge in [-0.3, -0.25) is 14.8 Å². The predicted molar refractivity (Wildman–Crippen MR) is 85.2 cm³/mol. The molecule has 5 atom stereocenters. The molecule has 11 nitrogen and oxygen atoms in total. The lowest BCUT2D eigenvalue weighted by Gasteiger charge is -2.35. The molecule has 0 radical (unpaired) electrons. The molecular weight excluding hydrogens is 334 g/mol. The maximum Gasteiger partial charge on any atom is 0.330 e. The summed E-state index contributed by atoms with van der Waals surface area (Å²) in [6, 6.07) is 0. The number of fused-ring (bicyclic) bond motifs is 3. The van der Waals surface area contributed by atoms with Crippen molar-refractivity contribution in [3.8, 4) is 0 Å². The van der Waals surface area contributed by atoms with Crippen molar-refractivity contribution in [3.05, 3.63) is 20.8 Å². The van der Waals surface area contributed by atoms with Gasteiger partial charge in [0.25, 0.3) is 5.56 Å². The minimum absolute atomic E-state index is 0.0216. The number of aromatic nitrogens is 4. The lowest BCUT2D eigenvalue weighted by atomic mass is 9.94. The Morgan fingerprint density at radius 3 is 2.80 bits per heavy atom. The molecule has 2 aromatic heterocycles. The van der Waals surface area contributed by atoms with Crippen LogP contribution in [0, 0.1) is 0 Å². The van der Waals surface area contributed by atoms with E-state index in [9.17, 15) is 9.59 Å². The number of nitrogens with one attached hydrogen (secondary N) is 2. The number of nitrogens with two attached hydrogens (primary N) is 1. The standard InChI is InChI=1S/C14H19N5O6/c1-5-14(4-22-2)8(23-3)7(24-5)11(25-14)19-9-6(16-13(19)21)10(20)18-12(15)17-9/h5,7-8,11H,4H2,1-3H3,(H,16,21)(H3,15,17,18,20)/t5-,7?,8?,11+,14-/m0/s1. The van der Waals surface area contributed by atoms with Crippen LogP contribution < -0.4 is 17.0 Å². The van der Waals surface area contributed by atoms with E-state index in [2.05, 4.69) is 15.0 Å². The largest absolute Gasteiger partial charge is 0.381 e. The minimum atomic E-state index is -0.866. The summed E-state index contributed by atoms with van der Waals surface area (Å²) in [5.41, 5.74) is 3.79. The summed E-state index contributed by atoms with van der Waals surface area (Å²) in [7, 11) is 3.10. The van der Waals surface area contributed by atoms with Gasteiger partial charge in [-0.05, 0) is 6.92 Å². The van der Waals surface area contributed by atoms with Gasteiger partial charge >= 0.3 is 5.69 Å². The van der Waals surface area contributed by atoms with Crippen molar-refractivity contribution in [1.82, 2.24) is 19.5 Å². The molecule has 2 unspecified atom stereocenters. The highest BCUT2D eigenvalue weighted by atomic mass is 16.7. The van der Waals surface area contributed by atoms with E-state index < -0.39 is 35.3 Å². The molecule has 0 saturated carbocycles. The molecule has 4 rings (SSSR count). The second-order valence-electron chi connectivity index (χ2n) is 6.25. The molecule has 2 aromatic rings. The topological polar surface area (TPSA) is 146 Å². The number of nitrogen functional groups attached to an aromatic ring is 1. The number of imidazole rings is 1. The molecule has 136 valence electrons. The predicted octanol–water partition coefficient (Wildman–Crippen LogP) is -1.29. The summed E-state index contributed by atoms with van der Waals surface area (Å²) in [5.74, 6) is -0.0995. The van der Waals surface area contributed by atoms with Gasteiger partial charge in [0, 0.05) is 14.2 Å². The normalized spacial score (nSPS) is 34.2. The van der Waals surface area contributed by atoms with Crippen molar-refractivity contribution >= 4 is 17.1 Å². The number of methoxy groups -OCH3 is 2. The quantitative estimate of drug-likeness (QED) is 0.615. The fraction of sp³-hybridized carbons (Fsp3) is 0.643. The molecule has 2 aliphatic rings. The second kappa shape index (κ2) is 5.39. The highest BCUT2D eigenvalue weighted by molar-refractivity contribution is 5.70. The molecule has 11 heteroatoms. The van der Waals surface area contributed by atoms with Gasteiger partial charge in [-0.25, -0.2) is 9.36 Å². The molecule has 0 spiro atoms. The van der Waals surface area contributed by atoms with Crippen molar-refractivity contribution < 1.29 is 18.9 Å². The Balaban J connectivity index is 1.88. The highest BCUT2D eigenvalue weighted by Crippen LogP contribution is 2.50. The molecule has 4 heterocycles. The van der Waals surface area contributed by atoms with Crippen LogP contribution in [0.3, 0.4) is 0 Å². The van der Waals surface area contributed by atoms with Crippen LogP contribution in [0.15, 0.2) is 9.59 Å². The number of rotatable bonds is 4. The lowest BCUT2D eigenvalue weighted by molar-refractivity contribution is -0.220. The van der Waals surface area contributed by atoms with Gasteiger partial charge in [0.15, 0.2) is 17.4 Å². The molecule has 4 N–H and O–H groups in total. The van der Waals surface area contributed by atoms with Crippen LogP contribution in [-0.2, 0) is 18.9 Å². The number of ether oxygens (including phenoxy) is 4. The summed E-state index contributed by atoms with van der Waals surface area (Å²) >= 11 is 0. The van der Waals surface area contributed by atoms with Gasteiger partial charge in [-0.1, -0.05) is 0 Å². The van der Waals surface area contributed by atoms with Crippen LogP contribution in [0.2, 0.25) is 0 Å². The molecule has 25 heavy (non-hydrogen) atoms. The van der Waals surface area contributed by atoms with E-state index in [0.29, 0.717) is 0 Å². The Bertz CT molecular complexity index is 934. The van der Waals surface area contributed by atoms with E-state index in [0.717, 1.165) is 0 Å². The van der Waals surface area contributed by atoms with Crippen molar-refractivity contribution in [2.24, 2.45) is 0 Å². The van der Waals surface area contributed by atoms with E-state index in [1.807, 2.05) is 6.92 Å². The van der Waals surface area contributed by atoms with Crippen molar-refractivity contribution in [1.29, 1.82) is 0 Å². The maximum atomic E-state index is 12.5. The lowest BCUT2D eigenvalue weighted by Crippen LogP contribution is -2.50. The second-order valence-corrected chi connectivity index (χ2v) is 6.25. The Morgan fingerprint density at radius 2 is 2.12 bits per heavy atom. The first-order valence-electron chi connectivity index (χ1n) is 7.78. The smallest absolute Gasteiger partial charge is 0.330 e. The zero-order valence-electron chi connectivity index (χ0n) is 13.9. The fourth-order valence-corrected chi connectivity index (χ4v) is 3.86. The average molecular weight is 353 g/mol. The van der Waals surface area contributed by atoms with Gasteiger partial charge in [-0.2, -0.15) is 4.98 Å². The zero-order chi connectivity index (χ0) is 17.9. The summed E-state index contributed by atoms with van der Waals surface area (Å²) in [6.07, 6.45) is -2.12. The molecule has 2 fully saturated rings. The van der Waals surface area contributed by atoms with Crippen molar-refractivity contribution in [2.75, 3.05) is 26.6 Å². The van der Waals surface area contributed by atoms with E-state index >= 15 is 0 Å². The molecule has 0 aliphatic carbocycles. The number of hydrogen-bond acceptors (Lipinski definition) is 8. The average Bonchev–Trinajstić information content (AvgIpc) is 3.12. The molecular formula is C14H19N5O6. The number of hydrogen-bond donors (Lipinski definition) is 3. The van der Waals surface area contributed by atoms with Gasteiger partial charge in [0.2, 0.25) is 5.95 Å². The highest BCUT2D eigenvalue weighted by Gasteiger charge is 2.66. The first kappa shape index (κ1) is 16.3. The van der Waals surface area contributed by atoms with Crippen molar-refractivity contribution in [2.45, 2.75) is 37.1 Å². The number of H-pyrrole nitrogens is 2. The summed E-state index contributed by atoms with van der Waals surface area (Å²) in [4.78, 5) is 33.4. The Morgan fingerprint density at radius 1 is 1.36 bits per heavy atom. The maximum absolute atomic E-state index is 12.5. The van der Waals surface area contributed by atoms with Crippen LogP contribution in [-0.4, -0.2) is 64.3 Å². The monoisotopic (exact) mass is 353 g/mol. The summed E-state index contributed by atoms with van der Waals surface area (Å²) < 4.78 is 24.3. The van der Waals surface area contributed by atoms with E-state index in [1.54, 1.807) is 14.2 Å². The van der Waals surface area contributed by atoms with Crippen LogP contribution in [0.5, 0.6) is 0 Å². The summed E-state index contributed by atoms with van der Waals surface area (Å²) in [5, 5.41) is 0. The first-order chi connectivity index (χ1) is 11.9. The SMILES string of the molecule is COC[C@]12O[C@@H](n3c(=O)[nH]c4c(=O)[nH]c(N)nc43)C(O[C@H]1C)C2OC. The van der Waals surface area contributed by atoms with Crippen molar-refractivity contribution in [3.63, 3.8) is 0 Å². The third-order valence-corrected chi connectivity index (χ3v) is 4.93. The summed E-state index contributed by atoms with van der Waals surface area (Å²) in [6.45, 7) is 2.09. The molecule has 0 aromatic carbocycles. The third kappa shape index (κ3) is 2.03. The zero-order valence-corrected chi connectivity index (χ0v) is 13.9. The minimum Gasteiger partial charge on any atom is -0.381 e.